The third-order valence-electron chi connectivity index (χ3n) is 6.46. The van der Waals surface area contributed by atoms with Gasteiger partial charge >= 0.3 is 191 Å². The van der Waals surface area contributed by atoms with Crippen LogP contribution in [0.1, 0.15) is 51.9 Å². The number of aromatic nitrogens is 1. The SMILES string of the molecule is CCCCCCCCCn1c2cc(-c3ccc[se]3)ccc2c2ccc(-c3ccc[se]3)cc21. The first kappa shape index (κ1) is 22.1. The first-order chi connectivity index (χ1) is 15.8. The van der Waals surface area contributed by atoms with Crippen LogP contribution in [-0.2, 0) is 6.54 Å². The molecule has 0 spiro atoms. The Morgan fingerprint density at radius 1 is 0.625 bits per heavy atom. The van der Waals surface area contributed by atoms with Crippen LogP contribution in [0.15, 0.2) is 70.5 Å². The van der Waals surface area contributed by atoms with Gasteiger partial charge in [-0.1, -0.05) is 13.3 Å². The van der Waals surface area contributed by atoms with Crippen molar-refractivity contribution >= 4 is 50.8 Å². The minimum absolute atomic E-state index is 0.472. The van der Waals surface area contributed by atoms with E-state index in [2.05, 4.69) is 82.0 Å². The fraction of sp³-hybridized carbons (Fsp3) is 0.310. The third-order valence-corrected chi connectivity index (χ3v) is 10.3. The first-order valence-corrected chi connectivity index (χ1v) is 15.7. The van der Waals surface area contributed by atoms with E-state index in [0.29, 0.717) is 29.0 Å². The van der Waals surface area contributed by atoms with Crippen LogP contribution in [0.25, 0.3) is 41.8 Å². The molecule has 0 aliphatic heterocycles. The van der Waals surface area contributed by atoms with Crippen LogP contribution in [0.4, 0.5) is 0 Å². The standard InChI is InChI=1S/C29H31NSe2/c1-2-3-4-5-6-7-8-17-30-26-20-22(28-11-9-18-31-28)13-15-24(26)25-16-14-23(21-27(25)30)29-12-10-19-32-29/h9-16,18-21H,2-8,17H2,1H3. The van der Waals surface area contributed by atoms with Gasteiger partial charge in [0.1, 0.15) is 0 Å². The Kier molecular flexibility index (Phi) is 7.20. The molecule has 0 aliphatic rings. The zero-order valence-corrected chi connectivity index (χ0v) is 22.3. The van der Waals surface area contributed by atoms with Crippen LogP contribution < -0.4 is 0 Å². The number of aryl methyl sites for hydroxylation is 1. The molecular weight excluding hydrogens is 520 g/mol. The molecule has 0 fully saturated rings. The van der Waals surface area contributed by atoms with E-state index in [-0.39, 0.29) is 0 Å². The van der Waals surface area contributed by atoms with Crippen molar-refractivity contribution in [2.45, 2.75) is 58.4 Å². The minimum atomic E-state index is 0.472. The summed E-state index contributed by atoms with van der Waals surface area (Å²) in [5.74, 6) is 0. The Bertz CT molecular complexity index is 1180. The Morgan fingerprint density at radius 2 is 1.16 bits per heavy atom. The fourth-order valence-corrected chi connectivity index (χ4v) is 7.79. The van der Waals surface area contributed by atoms with E-state index in [1.54, 1.807) is 0 Å². The van der Waals surface area contributed by atoms with Gasteiger partial charge in [-0.15, -0.1) is 0 Å². The summed E-state index contributed by atoms with van der Waals surface area (Å²) in [6.45, 7) is 3.41. The molecule has 2 aromatic carbocycles. The van der Waals surface area contributed by atoms with E-state index >= 15 is 0 Å². The summed E-state index contributed by atoms with van der Waals surface area (Å²) in [6, 6.07) is 23.3. The number of benzene rings is 2. The number of nitrogens with zero attached hydrogens (tertiary/aromatic N) is 1. The molecule has 0 bridgehead atoms. The second-order valence-corrected chi connectivity index (χ2v) is 12.7. The number of hydrogen-bond acceptors (Lipinski definition) is 0. The predicted octanol–water partition coefficient (Wildman–Crippen LogP) is 7.99. The van der Waals surface area contributed by atoms with Crippen LogP contribution in [0.2, 0.25) is 0 Å². The third kappa shape index (κ3) is 4.63. The van der Waals surface area contributed by atoms with E-state index in [0.717, 1.165) is 6.54 Å². The van der Waals surface area contributed by atoms with Gasteiger partial charge < -0.3 is 0 Å². The van der Waals surface area contributed by atoms with Gasteiger partial charge in [-0.25, -0.2) is 0 Å². The first-order valence-electron chi connectivity index (χ1n) is 12.0. The van der Waals surface area contributed by atoms with Crippen molar-refractivity contribution in [1.82, 2.24) is 4.57 Å². The van der Waals surface area contributed by atoms with Gasteiger partial charge in [-0.3, -0.25) is 0 Å². The molecule has 5 rings (SSSR count). The predicted molar refractivity (Wildman–Crippen MR) is 142 cm³/mol. The van der Waals surface area contributed by atoms with Gasteiger partial charge in [0.05, 0.1) is 0 Å². The summed E-state index contributed by atoms with van der Waals surface area (Å²) >= 11 is 0.945. The molecular formula is C29H31NSe2. The average Bonchev–Trinajstić information content (AvgIpc) is 3.59. The van der Waals surface area contributed by atoms with Crippen molar-refractivity contribution in [3.05, 3.63) is 70.5 Å². The topological polar surface area (TPSA) is 4.93 Å². The van der Waals surface area contributed by atoms with Gasteiger partial charge in [-0.2, -0.15) is 0 Å². The maximum absolute atomic E-state index is 2.62. The van der Waals surface area contributed by atoms with Gasteiger partial charge in [0.2, 0.25) is 0 Å². The summed E-state index contributed by atoms with van der Waals surface area (Å²) in [5, 5.41) is 2.81. The number of unbranched alkanes of at least 4 members (excludes halogenated alkanes) is 6. The molecule has 164 valence electrons. The number of rotatable bonds is 10. The molecule has 0 radical (unpaired) electrons. The van der Waals surface area contributed by atoms with Crippen molar-refractivity contribution in [2.75, 3.05) is 0 Å². The van der Waals surface area contributed by atoms with Crippen LogP contribution in [-0.4, -0.2) is 33.6 Å². The maximum atomic E-state index is 2.62. The van der Waals surface area contributed by atoms with Crippen LogP contribution >= 0.6 is 0 Å². The van der Waals surface area contributed by atoms with Gasteiger partial charge in [0, 0.05) is 0 Å². The van der Waals surface area contributed by atoms with Crippen LogP contribution in [0.5, 0.6) is 0 Å². The Morgan fingerprint density at radius 3 is 1.66 bits per heavy atom. The molecule has 0 aliphatic carbocycles. The molecule has 3 heteroatoms. The van der Waals surface area contributed by atoms with Crippen molar-refractivity contribution < 1.29 is 0 Å². The normalized spacial score (nSPS) is 11.7. The zero-order chi connectivity index (χ0) is 21.8. The van der Waals surface area contributed by atoms with Crippen molar-refractivity contribution in [3.63, 3.8) is 0 Å². The van der Waals surface area contributed by atoms with Gasteiger partial charge in [0.15, 0.2) is 0 Å². The van der Waals surface area contributed by atoms with Crippen LogP contribution in [0.3, 0.4) is 0 Å². The Hall–Kier alpha value is -1.76. The Balaban J connectivity index is 1.51. The second kappa shape index (κ2) is 10.4. The van der Waals surface area contributed by atoms with Crippen LogP contribution in [0, 0.1) is 0 Å². The second-order valence-electron chi connectivity index (χ2n) is 8.69. The number of hydrogen-bond donors (Lipinski definition) is 0. The van der Waals surface area contributed by atoms with E-state index in [1.807, 2.05) is 0 Å². The summed E-state index contributed by atoms with van der Waals surface area (Å²) in [5.41, 5.74) is 5.62. The monoisotopic (exact) mass is 553 g/mol. The van der Waals surface area contributed by atoms with E-state index < -0.39 is 0 Å². The van der Waals surface area contributed by atoms with Gasteiger partial charge in [-0.05, 0) is 0 Å². The average molecular weight is 551 g/mol. The quantitative estimate of drug-likeness (QED) is 0.123. The summed E-state index contributed by atoms with van der Waals surface area (Å²) < 4.78 is 5.62. The van der Waals surface area contributed by atoms with Crippen molar-refractivity contribution in [3.8, 4) is 20.0 Å². The van der Waals surface area contributed by atoms with Gasteiger partial charge in [0.25, 0.3) is 0 Å². The van der Waals surface area contributed by atoms with Crippen molar-refractivity contribution in [1.29, 1.82) is 0 Å². The molecule has 3 aromatic heterocycles. The molecule has 32 heavy (non-hydrogen) atoms. The fourth-order valence-electron chi connectivity index (χ4n) is 4.76. The molecule has 0 N–H and O–H groups in total. The van der Waals surface area contributed by atoms with E-state index in [4.69, 9.17) is 0 Å². The molecule has 5 aromatic rings. The number of fused-ring (bicyclic) bond motifs is 3. The molecule has 1 nitrogen and oxygen atoms in total. The van der Waals surface area contributed by atoms with E-state index in [9.17, 15) is 0 Å². The molecule has 0 saturated carbocycles. The summed E-state index contributed by atoms with van der Waals surface area (Å²) in [4.78, 5) is 4.63. The molecule has 3 heterocycles. The molecule has 0 saturated heterocycles. The molecule has 0 atom stereocenters. The molecule has 0 unspecified atom stereocenters. The van der Waals surface area contributed by atoms with E-state index in [1.165, 1.54) is 86.8 Å². The summed E-state index contributed by atoms with van der Waals surface area (Å²) in [7, 11) is 0. The Labute approximate surface area is 203 Å². The molecule has 0 amide bonds. The summed E-state index contributed by atoms with van der Waals surface area (Å²) in [6.07, 6.45) is 9.47. The van der Waals surface area contributed by atoms with Crippen molar-refractivity contribution in [2.24, 2.45) is 0 Å². The zero-order valence-electron chi connectivity index (χ0n) is 18.8.